The van der Waals surface area contributed by atoms with Crippen LogP contribution in [-0.4, -0.2) is 38.9 Å². The van der Waals surface area contributed by atoms with Crippen molar-refractivity contribution in [2.24, 2.45) is 17.6 Å². The fourth-order valence-corrected chi connectivity index (χ4v) is 3.14. The molecule has 0 aromatic carbocycles. The molecule has 2 N–H and O–H groups in total. The minimum absolute atomic E-state index is 0.336. The Morgan fingerprint density at radius 3 is 2.00 bits per heavy atom. The molecule has 2 atom stereocenters. The fourth-order valence-electron chi connectivity index (χ4n) is 1.18. The number of rotatable bonds is 6. The first kappa shape index (κ1) is 14.9. The van der Waals surface area contributed by atoms with Gasteiger partial charge in [0.05, 0.1) is 24.5 Å². The zero-order valence-corrected chi connectivity index (χ0v) is 10.4. The predicted molar refractivity (Wildman–Crippen MR) is 58.2 cm³/mol. The van der Waals surface area contributed by atoms with Gasteiger partial charge in [-0.05, 0) is 0 Å². The highest BCUT2D eigenvalue weighted by Crippen LogP contribution is 2.08. The molecule has 0 aliphatic rings. The molecule has 0 saturated carbocycles. The van der Waals surface area contributed by atoms with Crippen LogP contribution >= 0.6 is 0 Å². The molecule has 0 radical (unpaired) electrons. The largest absolute Gasteiger partial charge is 0.469 e. The summed E-state index contributed by atoms with van der Waals surface area (Å²) in [5.41, 5.74) is 4.96. The molecule has 2 unspecified atom stereocenters. The number of carbonyl (C=O) groups excluding carboxylic acids is 2. The standard InChI is InChI=1S/C9H17NO5S/c1-6(8(10)11)4-16(13,14)5-7(2)9(12)15-3/h6-7H,4-5H2,1-3H3,(H2,10,11). The smallest absolute Gasteiger partial charge is 0.309 e. The maximum absolute atomic E-state index is 11.6. The minimum Gasteiger partial charge on any atom is -0.469 e. The first-order valence-corrected chi connectivity index (χ1v) is 6.59. The van der Waals surface area contributed by atoms with E-state index in [0.717, 1.165) is 0 Å². The lowest BCUT2D eigenvalue weighted by molar-refractivity contribution is -0.144. The summed E-state index contributed by atoms with van der Waals surface area (Å²) in [6.45, 7) is 2.89. The van der Waals surface area contributed by atoms with Gasteiger partial charge in [-0.15, -0.1) is 0 Å². The highest BCUT2D eigenvalue weighted by Gasteiger charge is 2.25. The molecule has 0 aliphatic heterocycles. The van der Waals surface area contributed by atoms with Crippen LogP contribution in [0.3, 0.4) is 0 Å². The van der Waals surface area contributed by atoms with Crippen LogP contribution in [0.2, 0.25) is 0 Å². The van der Waals surface area contributed by atoms with E-state index in [9.17, 15) is 18.0 Å². The molecular weight excluding hydrogens is 234 g/mol. The lowest BCUT2D eigenvalue weighted by Gasteiger charge is -2.11. The average Bonchev–Trinajstić information content (AvgIpc) is 2.14. The van der Waals surface area contributed by atoms with Crippen molar-refractivity contribution in [1.29, 1.82) is 0 Å². The second kappa shape index (κ2) is 5.83. The number of methoxy groups -OCH3 is 1. The third-order valence-corrected chi connectivity index (χ3v) is 4.11. The molecule has 0 heterocycles. The molecule has 0 aromatic heterocycles. The van der Waals surface area contributed by atoms with Crippen molar-refractivity contribution in [2.75, 3.05) is 18.6 Å². The van der Waals surface area contributed by atoms with E-state index in [-0.39, 0.29) is 11.5 Å². The summed E-state index contributed by atoms with van der Waals surface area (Å²) >= 11 is 0. The van der Waals surface area contributed by atoms with Crippen LogP contribution in [0, 0.1) is 11.8 Å². The van der Waals surface area contributed by atoms with E-state index in [1.807, 2.05) is 0 Å². The van der Waals surface area contributed by atoms with Gasteiger partial charge in [0, 0.05) is 5.92 Å². The van der Waals surface area contributed by atoms with Crippen LogP contribution in [0.5, 0.6) is 0 Å². The van der Waals surface area contributed by atoms with Gasteiger partial charge in [0.25, 0.3) is 0 Å². The van der Waals surface area contributed by atoms with E-state index in [1.165, 1.54) is 21.0 Å². The van der Waals surface area contributed by atoms with E-state index in [2.05, 4.69) is 4.74 Å². The van der Waals surface area contributed by atoms with Crippen molar-refractivity contribution in [1.82, 2.24) is 0 Å². The maximum Gasteiger partial charge on any atom is 0.309 e. The molecule has 0 aromatic rings. The molecule has 1 amide bonds. The Kier molecular flexibility index (Phi) is 5.43. The van der Waals surface area contributed by atoms with Crippen molar-refractivity contribution in [3.63, 3.8) is 0 Å². The number of carbonyl (C=O) groups is 2. The Labute approximate surface area is 95.1 Å². The zero-order chi connectivity index (χ0) is 12.9. The molecule has 0 spiro atoms. The van der Waals surface area contributed by atoms with Gasteiger partial charge in [-0.3, -0.25) is 9.59 Å². The molecule has 0 aliphatic carbocycles. The number of primary amides is 1. The number of nitrogens with two attached hydrogens (primary N) is 1. The van der Waals surface area contributed by atoms with Gasteiger partial charge in [-0.1, -0.05) is 13.8 Å². The number of hydrogen-bond donors (Lipinski definition) is 1. The van der Waals surface area contributed by atoms with E-state index in [4.69, 9.17) is 5.73 Å². The second-order valence-electron chi connectivity index (χ2n) is 3.80. The van der Waals surface area contributed by atoms with E-state index >= 15 is 0 Å². The van der Waals surface area contributed by atoms with Gasteiger partial charge in [-0.2, -0.15) is 0 Å². The third kappa shape index (κ3) is 5.11. The topological polar surface area (TPSA) is 104 Å². The summed E-state index contributed by atoms with van der Waals surface area (Å²) in [5, 5.41) is 0. The van der Waals surface area contributed by atoms with Crippen molar-refractivity contribution in [3.05, 3.63) is 0 Å². The third-order valence-electron chi connectivity index (χ3n) is 2.10. The maximum atomic E-state index is 11.6. The van der Waals surface area contributed by atoms with Crippen LogP contribution in [0.4, 0.5) is 0 Å². The molecule has 0 fully saturated rings. The van der Waals surface area contributed by atoms with Crippen molar-refractivity contribution >= 4 is 21.7 Å². The first-order valence-electron chi connectivity index (χ1n) is 4.77. The SMILES string of the molecule is COC(=O)C(C)CS(=O)(=O)CC(C)C(N)=O. The van der Waals surface area contributed by atoms with Gasteiger partial charge in [0.1, 0.15) is 0 Å². The number of hydrogen-bond acceptors (Lipinski definition) is 5. The summed E-state index contributed by atoms with van der Waals surface area (Å²) in [5.74, 6) is -3.43. The number of sulfone groups is 1. The van der Waals surface area contributed by atoms with Gasteiger partial charge < -0.3 is 10.5 Å². The molecule has 0 bridgehead atoms. The molecule has 16 heavy (non-hydrogen) atoms. The lowest BCUT2D eigenvalue weighted by atomic mass is 10.2. The molecule has 6 nitrogen and oxygen atoms in total. The normalized spacial score (nSPS) is 15.2. The van der Waals surface area contributed by atoms with Crippen LogP contribution in [-0.2, 0) is 24.2 Å². The Bertz CT molecular complexity index is 362. The Hall–Kier alpha value is -1.11. The van der Waals surface area contributed by atoms with Crippen molar-refractivity contribution in [2.45, 2.75) is 13.8 Å². The average molecular weight is 251 g/mol. The highest BCUT2D eigenvalue weighted by molar-refractivity contribution is 7.91. The van der Waals surface area contributed by atoms with Crippen LogP contribution in [0.15, 0.2) is 0 Å². The Morgan fingerprint density at radius 2 is 1.62 bits per heavy atom. The quantitative estimate of drug-likeness (QED) is 0.631. The van der Waals surface area contributed by atoms with Gasteiger partial charge in [-0.25, -0.2) is 8.42 Å². The lowest BCUT2D eigenvalue weighted by Crippen LogP contribution is -2.31. The van der Waals surface area contributed by atoms with Gasteiger partial charge in [0.15, 0.2) is 9.84 Å². The minimum atomic E-state index is -3.48. The van der Waals surface area contributed by atoms with Gasteiger partial charge in [0.2, 0.25) is 5.91 Å². The summed E-state index contributed by atoms with van der Waals surface area (Å²) in [6, 6.07) is 0. The molecule has 7 heteroatoms. The van der Waals surface area contributed by atoms with Gasteiger partial charge >= 0.3 is 5.97 Å². The van der Waals surface area contributed by atoms with E-state index in [1.54, 1.807) is 0 Å². The number of esters is 1. The van der Waals surface area contributed by atoms with Crippen molar-refractivity contribution in [3.8, 4) is 0 Å². The number of amides is 1. The monoisotopic (exact) mass is 251 g/mol. The Morgan fingerprint density at radius 1 is 1.19 bits per heavy atom. The van der Waals surface area contributed by atoms with Crippen LogP contribution in [0.25, 0.3) is 0 Å². The van der Waals surface area contributed by atoms with E-state index < -0.39 is 33.5 Å². The van der Waals surface area contributed by atoms with Crippen LogP contribution in [0.1, 0.15) is 13.8 Å². The summed E-state index contributed by atoms with van der Waals surface area (Å²) < 4.78 is 27.5. The highest BCUT2D eigenvalue weighted by atomic mass is 32.2. The van der Waals surface area contributed by atoms with Crippen molar-refractivity contribution < 1.29 is 22.7 Å². The second-order valence-corrected chi connectivity index (χ2v) is 5.96. The zero-order valence-electron chi connectivity index (χ0n) is 9.60. The molecular formula is C9H17NO5S. The number of ether oxygens (including phenoxy) is 1. The first-order chi connectivity index (χ1) is 7.19. The van der Waals surface area contributed by atoms with Crippen LogP contribution < -0.4 is 5.73 Å². The van der Waals surface area contributed by atoms with E-state index in [0.29, 0.717) is 0 Å². The fraction of sp³-hybridized carbons (Fsp3) is 0.778. The molecule has 94 valence electrons. The molecule has 0 saturated heterocycles. The predicted octanol–water partition coefficient (Wildman–Crippen LogP) is -0.668. The summed E-state index contributed by atoms with van der Waals surface area (Å²) in [4.78, 5) is 21.7. The molecule has 0 rings (SSSR count). The summed E-state index contributed by atoms with van der Waals surface area (Å²) in [7, 11) is -2.29. The summed E-state index contributed by atoms with van der Waals surface area (Å²) in [6.07, 6.45) is 0. The Balaban J connectivity index is 4.47.